The third-order valence-electron chi connectivity index (χ3n) is 5.71. The molecule has 1 heterocycles. The summed E-state index contributed by atoms with van der Waals surface area (Å²) in [7, 11) is 0. The molecular formula is C17H28N2O2. The fraction of sp³-hybridized carbons (Fsp3) is 0.882. The van der Waals surface area contributed by atoms with Crippen LogP contribution >= 0.6 is 0 Å². The van der Waals surface area contributed by atoms with E-state index in [9.17, 15) is 9.59 Å². The second kappa shape index (κ2) is 4.72. The maximum absolute atomic E-state index is 13.2. The lowest BCUT2D eigenvalue weighted by Gasteiger charge is -2.49. The van der Waals surface area contributed by atoms with Crippen LogP contribution in [-0.2, 0) is 9.59 Å². The van der Waals surface area contributed by atoms with Crippen molar-refractivity contribution in [3.05, 3.63) is 0 Å². The molecule has 4 nitrogen and oxygen atoms in total. The van der Waals surface area contributed by atoms with E-state index in [1.807, 2.05) is 18.7 Å². The van der Waals surface area contributed by atoms with Crippen molar-refractivity contribution in [3.63, 3.8) is 0 Å². The fourth-order valence-electron chi connectivity index (χ4n) is 4.23. The molecule has 2 aliphatic carbocycles. The Morgan fingerprint density at radius 2 is 1.71 bits per heavy atom. The minimum atomic E-state index is -0.598. The van der Waals surface area contributed by atoms with Crippen LogP contribution in [0.15, 0.2) is 0 Å². The van der Waals surface area contributed by atoms with E-state index in [0.717, 1.165) is 32.1 Å². The predicted octanol–water partition coefficient (Wildman–Crippen LogP) is 2.47. The minimum absolute atomic E-state index is 0.0641. The van der Waals surface area contributed by atoms with E-state index >= 15 is 0 Å². The van der Waals surface area contributed by atoms with Gasteiger partial charge in [0.05, 0.1) is 0 Å². The number of hydrogen-bond donors (Lipinski definition) is 1. The number of nitrogens with zero attached hydrogens (tertiary/aromatic N) is 1. The van der Waals surface area contributed by atoms with Crippen molar-refractivity contribution in [1.82, 2.24) is 10.2 Å². The molecule has 3 fully saturated rings. The molecule has 0 aromatic carbocycles. The summed E-state index contributed by atoms with van der Waals surface area (Å²) < 4.78 is 0. The van der Waals surface area contributed by atoms with Crippen molar-refractivity contribution in [2.45, 2.75) is 83.8 Å². The summed E-state index contributed by atoms with van der Waals surface area (Å²) in [6.45, 7) is 8.47. The van der Waals surface area contributed by atoms with Crippen molar-refractivity contribution in [1.29, 1.82) is 0 Å². The zero-order chi connectivity index (χ0) is 15.4. The quantitative estimate of drug-likeness (QED) is 0.850. The number of carbonyl (C=O) groups excluding carboxylic acids is 2. The van der Waals surface area contributed by atoms with Gasteiger partial charge in [-0.2, -0.15) is 0 Å². The van der Waals surface area contributed by atoms with E-state index in [2.05, 4.69) is 19.2 Å². The van der Waals surface area contributed by atoms with Gasteiger partial charge in [-0.1, -0.05) is 47.0 Å². The van der Waals surface area contributed by atoms with Crippen LogP contribution in [0, 0.1) is 11.3 Å². The first kappa shape index (κ1) is 14.9. The molecule has 2 amide bonds. The summed E-state index contributed by atoms with van der Waals surface area (Å²) in [6.07, 6.45) is 5.90. The molecule has 3 rings (SSSR count). The van der Waals surface area contributed by atoms with Gasteiger partial charge in [0.1, 0.15) is 11.6 Å². The fourth-order valence-corrected chi connectivity index (χ4v) is 4.23. The molecule has 1 aliphatic heterocycles. The minimum Gasteiger partial charge on any atom is -0.340 e. The number of piperazine rings is 1. The first-order valence-electron chi connectivity index (χ1n) is 8.43. The molecule has 2 unspecified atom stereocenters. The Balaban J connectivity index is 1.94. The Kier molecular flexibility index (Phi) is 3.34. The van der Waals surface area contributed by atoms with Gasteiger partial charge in [-0.05, 0) is 30.6 Å². The van der Waals surface area contributed by atoms with E-state index in [-0.39, 0.29) is 35.2 Å². The zero-order valence-corrected chi connectivity index (χ0v) is 13.7. The first-order chi connectivity index (χ1) is 9.78. The summed E-state index contributed by atoms with van der Waals surface area (Å²) in [5, 5.41) is 3.12. The topological polar surface area (TPSA) is 49.4 Å². The smallest absolute Gasteiger partial charge is 0.249 e. The van der Waals surface area contributed by atoms with Gasteiger partial charge in [-0.3, -0.25) is 9.59 Å². The predicted molar refractivity (Wildman–Crippen MR) is 81.6 cm³/mol. The van der Waals surface area contributed by atoms with Crippen LogP contribution in [0.5, 0.6) is 0 Å². The third-order valence-corrected chi connectivity index (χ3v) is 5.71. The third kappa shape index (κ3) is 2.27. The molecule has 3 aliphatic rings. The molecule has 0 aromatic rings. The molecule has 118 valence electrons. The Hall–Kier alpha value is -1.06. The van der Waals surface area contributed by atoms with Gasteiger partial charge in [0.25, 0.3) is 0 Å². The molecule has 0 radical (unpaired) electrons. The maximum atomic E-state index is 13.2. The van der Waals surface area contributed by atoms with E-state index in [0.29, 0.717) is 0 Å². The highest BCUT2D eigenvalue weighted by Crippen LogP contribution is 2.51. The van der Waals surface area contributed by atoms with Crippen LogP contribution in [-0.4, -0.2) is 34.3 Å². The summed E-state index contributed by atoms with van der Waals surface area (Å²) in [4.78, 5) is 27.9. The SMILES string of the molecule is CC(C)C1C(=O)NC2(CCCCC2)C(=O)N1C1CC1(C)C. The molecule has 1 saturated heterocycles. The van der Waals surface area contributed by atoms with E-state index in [4.69, 9.17) is 0 Å². The van der Waals surface area contributed by atoms with Crippen LogP contribution in [0.3, 0.4) is 0 Å². The zero-order valence-electron chi connectivity index (χ0n) is 13.7. The van der Waals surface area contributed by atoms with Gasteiger partial charge < -0.3 is 10.2 Å². The van der Waals surface area contributed by atoms with Gasteiger partial charge in [-0.25, -0.2) is 0 Å². The van der Waals surface area contributed by atoms with Gasteiger partial charge in [0.15, 0.2) is 0 Å². The lowest BCUT2D eigenvalue weighted by Crippen LogP contribution is -2.72. The van der Waals surface area contributed by atoms with Crippen molar-refractivity contribution in [2.24, 2.45) is 11.3 Å². The van der Waals surface area contributed by atoms with Crippen molar-refractivity contribution in [3.8, 4) is 0 Å². The van der Waals surface area contributed by atoms with Crippen LogP contribution in [0.25, 0.3) is 0 Å². The Bertz CT molecular complexity index is 463. The standard InChI is InChI=1S/C17H28N2O2/c1-11(2)13-14(20)18-17(8-6-5-7-9-17)15(21)19(13)12-10-16(12,3)4/h11-13H,5-10H2,1-4H3,(H,18,20). The number of carbonyl (C=O) groups is 2. The Morgan fingerprint density at radius 1 is 1.14 bits per heavy atom. The van der Waals surface area contributed by atoms with Gasteiger partial charge >= 0.3 is 0 Å². The van der Waals surface area contributed by atoms with Gasteiger partial charge in [0.2, 0.25) is 11.8 Å². The molecule has 2 atom stereocenters. The summed E-state index contributed by atoms with van der Waals surface area (Å²) >= 11 is 0. The number of amides is 2. The second-order valence-electron chi connectivity index (χ2n) is 8.24. The van der Waals surface area contributed by atoms with E-state index in [1.54, 1.807) is 0 Å². The van der Waals surface area contributed by atoms with Crippen molar-refractivity contribution >= 4 is 11.8 Å². The lowest BCUT2D eigenvalue weighted by molar-refractivity contribution is -0.160. The molecule has 0 bridgehead atoms. The van der Waals surface area contributed by atoms with Crippen LogP contribution < -0.4 is 5.32 Å². The summed E-state index contributed by atoms with van der Waals surface area (Å²) in [5.74, 6) is 0.413. The largest absolute Gasteiger partial charge is 0.340 e. The highest BCUT2D eigenvalue weighted by molar-refractivity contribution is 6.00. The van der Waals surface area contributed by atoms with Crippen LogP contribution in [0.4, 0.5) is 0 Å². The lowest BCUT2D eigenvalue weighted by atomic mass is 9.77. The Labute approximate surface area is 127 Å². The van der Waals surface area contributed by atoms with Gasteiger partial charge in [-0.15, -0.1) is 0 Å². The number of rotatable bonds is 2. The van der Waals surface area contributed by atoms with Crippen molar-refractivity contribution in [2.75, 3.05) is 0 Å². The highest BCUT2D eigenvalue weighted by Gasteiger charge is 2.60. The molecule has 4 heteroatoms. The monoisotopic (exact) mass is 292 g/mol. The van der Waals surface area contributed by atoms with E-state index in [1.165, 1.54) is 6.42 Å². The Morgan fingerprint density at radius 3 is 2.19 bits per heavy atom. The van der Waals surface area contributed by atoms with Crippen LogP contribution in [0.1, 0.15) is 66.2 Å². The molecule has 2 saturated carbocycles. The first-order valence-corrected chi connectivity index (χ1v) is 8.43. The molecule has 1 N–H and O–H groups in total. The second-order valence-corrected chi connectivity index (χ2v) is 8.24. The summed E-state index contributed by atoms with van der Waals surface area (Å²) in [6, 6.07) is -0.0564. The molecule has 1 spiro atoms. The number of nitrogens with one attached hydrogen (secondary N) is 1. The van der Waals surface area contributed by atoms with Crippen LogP contribution in [0.2, 0.25) is 0 Å². The molecule has 0 aromatic heterocycles. The number of hydrogen-bond acceptors (Lipinski definition) is 2. The highest BCUT2D eigenvalue weighted by atomic mass is 16.2. The van der Waals surface area contributed by atoms with Crippen molar-refractivity contribution < 1.29 is 9.59 Å². The summed E-state index contributed by atoms with van der Waals surface area (Å²) in [5.41, 5.74) is -0.435. The normalized spacial score (nSPS) is 34.2. The molecular weight excluding hydrogens is 264 g/mol. The maximum Gasteiger partial charge on any atom is 0.249 e. The molecule has 21 heavy (non-hydrogen) atoms. The van der Waals surface area contributed by atoms with E-state index < -0.39 is 5.54 Å². The average molecular weight is 292 g/mol. The van der Waals surface area contributed by atoms with Gasteiger partial charge in [0, 0.05) is 6.04 Å². The average Bonchev–Trinajstić information content (AvgIpc) is 3.02.